The molecule has 0 saturated carbocycles. The highest BCUT2D eigenvalue weighted by Gasteiger charge is 2.17. The number of alkyl halides is 2. The Morgan fingerprint density at radius 1 is 1.43 bits per heavy atom. The van der Waals surface area contributed by atoms with Gasteiger partial charge in [0.25, 0.3) is 6.43 Å². The fraction of sp³-hybridized carbons (Fsp3) is 0.375. The summed E-state index contributed by atoms with van der Waals surface area (Å²) in [6.07, 6.45) is -1.29. The van der Waals surface area contributed by atoms with Crippen molar-refractivity contribution in [2.45, 2.75) is 12.5 Å². The summed E-state index contributed by atoms with van der Waals surface area (Å²) < 4.78 is 29.0. The van der Waals surface area contributed by atoms with Gasteiger partial charge in [-0.1, -0.05) is 6.07 Å². The summed E-state index contributed by atoms with van der Waals surface area (Å²) in [7, 11) is 1.45. The number of hydrogen-bond donors (Lipinski definition) is 1. The van der Waals surface area contributed by atoms with Gasteiger partial charge in [-0.05, 0) is 5.56 Å². The van der Waals surface area contributed by atoms with Gasteiger partial charge in [0, 0.05) is 12.3 Å². The Hall–Kier alpha value is -0.940. The van der Waals surface area contributed by atoms with Gasteiger partial charge < -0.3 is 10.5 Å². The Labute approximate surface area is 86.7 Å². The van der Waals surface area contributed by atoms with E-state index in [4.69, 9.17) is 10.5 Å². The predicted octanol–water partition coefficient (Wildman–Crippen LogP) is 1.78. The van der Waals surface area contributed by atoms with Crippen molar-refractivity contribution in [1.29, 1.82) is 0 Å². The van der Waals surface area contributed by atoms with Crippen LogP contribution in [0, 0.1) is 0 Å². The molecule has 1 rings (SSSR count). The molecule has 1 atom stereocenters. The van der Waals surface area contributed by atoms with E-state index in [-0.39, 0.29) is 12.4 Å². The summed E-state index contributed by atoms with van der Waals surface area (Å²) in [4.78, 5) is 3.77. The van der Waals surface area contributed by atoms with E-state index in [2.05, 4.69) is 4.98 Å². The quantitative estimate of drug-likeness (QED) is 0.852. The Balaban J connectivity index is 0.00000169. The normalized spacial score (nSPS) is 12.1. The van der Waals surface area contributed by atoms with Gasteiger partial charge in [-0.3, -0.25) is 0 Å². The molecule has 0 aromatic carbocycles. The zero-order chi connectivity index (χ0) is 9.84. The Bertz CT molecular complexity index is 269. The monoisotopic (exact) mass is 224 g/mol. The minimum absolute atomic E-state index is 0. The minimum atomic E-state index is -2.57. The first-order valence-electron chi connectivity index (χ1n) is 3.69. The van der Waals surface area contributed by atoms with E-state index in [1.165, 1.54) is 25.4 Å². The molecule has 0 spiro atoms. The van der Waals surface area contributed by atoms with Gasteiger partial charge in [0.1, 0.15) is 0 Å². The Morgan fingerprint density at radius 2 is 2.07 bits per heavy atom. The summed E-state index contributed by atoms with van der Waals surface area (Å²) in [5, 5.41) is 0. The third-order valence-corrected chi connectivity index (χ3v) is 1.62. The number of halogens is 3. The lowest BCUT2D eigenvalue weighted by Crippen LogP contribution is -2.18. The van der Waals surface area contributed by atoms with Crippen LogP contribution < -0.4 is 10.5 Å². The summed E-state index contributed by atoms with van der Waals surface area (Å²) in [5.74, 6) is 0.380. The molecule has 1 aromatic rings. The molecule has 6 heteroatoms. The lowest BCUT2D eigenvalue weighted by atomic mass is 10.1. The zero-order valence-corrected chi connectivity index (χ0v) is 8.30. The lowest BCUT2D eigenvalue weighted by Gasteiger charge is -2.09. The first-order valence-corrected chi connectivity index (χ1v) is 3.69. The molecule has 0 fully saturated rings. The van der Waals surface area contributed by atoms with Crippen LogP contribution in [0.4, 0.5) is 8.78 Å². The molecule has 0 bridgehead atoms. The Kier molecular flexibility index (Phi) is 5.34. The van der Waals surface area contributed by atoms with Gasteiger partial charge in [0.05, 0.1) is 13.2 Å². The SMILES string of the molecule is COc1ccc([C@H](N)C(F)F)cn1.Cl. The maximum Gasteiger partial charge on any atom is 0.257 e. The van der Waals surface area contributed by atoms with Gasteiger partial charge in [-0.25, -0.2) is 13.8 Å². The average molecular weight is 225 g/mol. The maximum absolute atomic E-state index is 12.1. The van der Waals surface area contributed by atoms with Crippen LogP contribution in [0.3, 0.4) is 0 Å². The van der Waals surface area contributed by atoms with Gasteiger partial charge in [0.2, 0.25) is 5.88 Å². The largest absolute Gasteiger partial charge is 0.481 e. The fourth-order valence-electron chi connectivity index (χ4n) is 0.855. The van der Waals surface area contributed by atoms with Crippen LogP contribution >= 0.6 is 12.4 Å². The number of nitrogens with zero attached hydrogens (tertiary/aromatic N) is 1. The second-order valence-electron chi connectivity index (χ2n) is 2.49. The van der Waals surface area contributed by atoms with Crippen molar-refractivity contribution in [2.24, 2.45) is 5.73 Å². The molecule has 80 valence electrons. The van der Waals surface area contributed by atoms with Crippen molar-refractivity contribution in [3.05, 3.63) is 23.9 Å². The van der Waals surface area contributed by atoms with Crippen LogP contribution in [0.5, 0.6) is 5.88 Å². The van der Waals surface area contributed by atoms with Gasteiger partial charge in [0.15, 0.2) is 0 Å². The smallest absolute Gasteiger partial charge is 0.257 e. The van der Waals surface area contributed by atoms with E-state index in [0.717, 1.165) is 0 Å². The van der Waals surface area contributed by atoms with Crippen molar-refractivity contribution in [1.82, 2.24) is 4.98 Å². The summed E-state index contributed by atoms with van der Waals surface area (Å²) in [6, 6.07) is 1.69. The molecule has 0 unspecified atom stereocenters. The number of hydrogen-bond acceptors (Lipinski definition) is 3. The summed E-state index contributed by atoms with van der Waals surface area (Å²) in [5.41, 5.74) is 5.50. The molecule has 0 saturated heterocycles. The molecule has 3 nitrogen and oxygen atoms in total. The molecule has 0 amide bonds. The molecular weight excluding hydrogens is 214 g/mol. The van der Waals surface area contributed by atoms with Crippen LogP contribution in [-0.2, 0) is 0 Å². The van der Waals surface area contributed by atoms with Crippen molar-refractivity contribution >= 4 is 12.4 Å². The molecule has 1 aromatic heterocycles. The highest BCUT2D eigenvalue weighted by molar-refractivity contribution is 5.85. The zero-order valence-electron chi connectivity index (χ0n) is 7.48. The minimum Gasteiger partial charge on any atom is -0.481 e. The summed E-state index contributed by atoms with van der Waals surface area (Å²) >= 11 is 0. The van der Waals surface area contributed by atoms with E-state index in [9.17, 15) is 8.78 Å². The topological polar surface area (TPSA) is 48.1 Å². The second kappa shape index (κ2) is 5.72. The summed E-state index contributed by atoms with van der Waals surface area (Å²) in [6.45, 7) is 0. The number of pyridine rings is 1. The number of methoxy groups -OCH3 is 1. The highest BCUT2D eigenvalue weighted by Crippen LogP contribution is 2.18. The van der Waals surface area contributed by atoms with E-state index in [1.54, 1.807) is 0 Å². The average Bonchev–Trinajstić information content (AvgIpc) is 2.17. The molecule has 0 radical (unpaired) electrons. The van der Waals surface area contributed by atoms with E-state index < -0.39 is 12.5 Å². The first kappa shape index (κ1) is 13.1. The lowest BCUT2D eigenvalue weighted by molar-refractivity contribution is 0.116. The van der Waals surface area contributed by atoms with E-state index >= 15 is 0 Å². The van der Waals surface area contributed by atoms with Crippen molar-refractivity contribution in [3.63, 3.8) is 0 Å². The molecule has 0 aliphatic carbocycles. The fourth-order valence-corrected chi connectivity index (χ4v) is 0.855. The standard InChI is InChI=1S/C8H10F2N2O.ClH/c1-13-6-3-2-5(4-12-6)7(11)8(9)10;/h2-4,7-8H,11H2,1H3;1H/t7-;/m0./s1. The molecular formula is C8H11ClF2N2O. The van der Waals surface area contributed by atoms with Crippen molar-refractivity contribution < 1.29 is 13.5 Å². The van der Waals surface area contributed by atoms with Crippen LogP contribution in [0.2, 0.25) is 0 Å². The van der Waals surface area contributed by atoms with Crippen LogP contribution in [0.1, 0.15) is 11.6 Å². The third kappa shape index (κ3) is 3.08. The van der Waals surface area contributed by atoms with Crippen LogP contribution in [0.15, 0.2) is 18.3 Å². The third-order valence-electron chi connectivity index (χ3n) is 1.62. The molecule has 14 heavy (non-hydrogen) atoms. The number of rotatable bonds is 3. The van der Waals surface area contributed by atoms with Gasteiger partial charge >= 0.3 is 0 Å². The Morgan fingerprint density at radius 3 is 2.43 bits per heavy atom. The van der Waals surface area contributed by atoms with Crippen molar-refractivity contribution in [2.75, 3.05) is 7.11 Å². The number of ether oxygens (including phenoxy) is 1. The molecule has 0 aliphatic heterocycles. The van der Waals surface area contributed by atoms with E-state index in [1.807, 2.05) is 0 Å². The maximum atomic E-state index is 12.1. The van der Waals surface area contributed by atoms with Crippen molar-refractivity contribution in [3.8, 4) is 5.88 Å². The molecule has 1 heterocycles. The van der Waals surface area contributed by atoms with Gasteiger partial charge in [-0.2, -0.15) is 0 Å². The highest BCUT2D eigenvalue weighted by atomic mass is 35.5. The molecule has 0 aliphatic rings. The van der Waals surface area contributed by atoms with Crippen LogP contribution in [-0.4, -0.2) is 18.5 Å². The molecule has 2 N–H and O–H groups in total. The van der Waals surface area contributed by atoms with E-state index in [0.29, 0.717) is 11.4 Å². The second-order valence-corrected chi connectivity index (χ2v) is 2.49. The number of nitrogens with two attached hydrogens (primary N) is 1. The van der Waals surface area contributed by atoms with Gasteiger partial charge in [-0.15, -0.1) is 12.4 Å². The van der Waals surface area contributed by atoms with Crippen LogP contribution in [0.25, 0.3) is 0 Å². The number of aromatic nitrogens is 1. The first-order chi connectivity index (χ1) is 6.15. The predicted molar refractivity (Wildman–Crippen MR) is 51.0 cm³/mol.